The van der Waals surface area contributed by atoms with Gasteiger partial charge in [-0.05, 0) is 57.1 Å². The second-order valence-electron chi connectivity index (χ2n) is 8.28. The molecule has 0 bridgehead atoms. The van der Waals surface area contributed by atoms with Crippen molar-refractivity contribution in [3.05, 3.63) is 35.4 Å². The van der Waals surface area contributed by atoms with Crippen LogP contribution in [0, 0.1) is 12.8 Å². The lowest BCUT2D eigenvalue weighted by Crippen LogP contribution is -2.55. The number of aryl methyl sites for hydroxylation is 1. The van der Waals surface area contributed by atoms with Gasteiger partial charge < -0.3 is 15.1 Å². The maximum Gasteiger partial charge on any atom is 0.251 e. The number of hydrogen-bond acceptors (Lipinski definition) is 3. The number of hydrogen-bond donors (Lipinski definition) is 1. The molecular formula is C23H33N3O3. The highest BCUT2D eigenvalue weighted by Crippen LogP contribution is 2.24. The van der Waals surface area contributed by atoms with E-state index in [2.05, 4.69) is 5.32 Å². The Morgan fingerprint density at radius 3 is 2.34 bits per heavy atom. The average molecular weight is 400 g/mol. The first-order valence-electron chi connectivity index (χ1n) is 10.9. The van der Waals surface area contributed by atoms with Crippen LogP contribution < -0.4 is 5.32 Å². The molecule has 0 radical (unpaired) electrons. The van der Waals surface area contributed by atoms with Crippen molar-refractivity contribution in [1.82, 2.24) is 15.1 Å². The molecule has 1 aromatic carbocycles. The van der Waals surface area contributed by atoms with Crippen LogP contribution in [0.25, 0.3) is 0 Å². The summed E-state index contributed by atoms with van der Waals surface area (Å²) in [7, 11) is 0. The molecule has 0 unspecified atom stereocenters. The summed E-state index contributed by atoms with van der Waals surface area (Å²) in [5.74, 6) is 0.0485. The van der Waals surface area contributed by atoms with Crippen molar-refractivity contribution in [3.8, 4) is 0 Å². The van der Waals surface area contributed by atoms with Crippen molar-refractivity contribution in [1.29, 1.82) is 0 Å². The predicted molar refractivity (Wildman–Crippen MR) is 112 cm³/mol. The number of amides is 3. The first-order valence-corrected chi connectivity index (χ1v) is 10.9. The molecule has 2 aliphatic rings. The minimum Gasteiger partial charge on any atom is -0.343 e. The van der Waals surface area contributed by atoms with Crippen LogP contribution in [-0.2, 0) is 9.59 Å². The van der Waals surface area contributed by atoms with Crippen LogP contribution in [0.5, 0.6) is 0 Å². The van der Waals surface area contributed by atoms with Gasteiger partial charge in [0.05, 0.1) is 0 Å². The van der Waals surface area contributed by atoms with Crippen LogP contribution in [-0.4, -0.2) is 59.7 Å². The summed E-state index contributed by atoms with van der Waals surface area (Å²) in [6, 6.07) is 6.92. The second-order valence-corrected chi connectivity index (χ2v) is 8.28. The van der Waals surface area contributed by atoms with E-state index in [9.17, 15) is 14.4 Å². The Bertz CT molecular complexity index is 735. The van der Waals surface area contributed by atoms with Gasteiger partial charge in [0.1, 0.15) is 6.04 Å². The van der Waals surface area contributed by atoms with Crippen LogP contribution in [0.15, 0.2) is 24.3 Å². The molecule has 6 nitrogen and oxygen atoms in total. The Labute approximate surface area is 173 Å². The summed E-state index contributed by atoms with van der Waals surface area (Å²) in [5, 5.41) is 3.05. The number of piperidine rings is 2. The fourth-order valence-corrected chi connectivity index (χ4v) is 4.41. The Morgan fingerprint density at radius 1 is 1.03 bits per heavy atom. The summed E-state index contributed by atoms with van der Waals surface area (Å²) >= 11 is 0. The molecule has 2 aliphatic heterocycles. The van der Waals surface area contributed by atoms with Gasteiger partial charge in [0.15, 0.2) is 0 Å². The number of likely N-dealkylation sites (tertiary alicyclic amines) is 2. The number of nitrogens with zero attached hydrogens (tertiary/aromatic N) is 2. The fraction of sp³-hybridized carbons (Fsp3) is 0.609. The number of benzene rings is 1. The molecule has 2 saturated heterocycles. The predicted octanol–water partition coefficient (Wildman–Crippen LogP) is 2.75. The summed E-state index contributed by atoms with van der Waals surface area (Å²) in [4.78, 5) is 42.0. The monoisotopic (exact) mass is 399 g/mol. The highest BCUT2D eigenvalue weighted by atomic mass is 16.2. The van der Waals surface area contributed by atoms with Crippen LogP contribution in [0.1, 0.15) is 61.4 Å². The van der Waals surface area contributed by atoms with Gasteiger partial charge in [-0.1, -0.05) is 24.6 Å². The SMILES string of the molecule is CCC(=O)N1CCC([C@H](NC(=O)c2cccc(C)c2)C(=O)N2CCCCC2)CC1. The van der Waals surface area contributed by atoms with Crippen molar-refractivity contribution in [2.45, 2.75) is 58.4 Å². The molecule has 1 atom stereocenters. The third kappa shape index (κ3) is 5.37. The van der Waals surface area contributed by atoms with E-state index in [1.54, 1.807) is 6.07 Å². The third-order valence-corrected chi connectivity index (χ3v) is 6.17. The lowest BCUT2D eigenvalue weighted by molar-refractivity contribution is -0.136. The quantitative estimate of drug-likeness (QED) is 0.828. The first kappa shape index (κ1) is 21.3. The number of carbonyl (C=O) groups excluding carboxylic acids is 3. The minimum absolute atomic E-state index is 0.0333. The Kier molecular flexibility index (Phi) is 7.29. The number of nitrogens with one attached hydrogen (secondary N) is 1. The Hall–Kier alpha value is -2.37. The molecule has 0 aromatic heterocycles. The highest BCUT2D eigenvalue weighted by molar-refractivity contribution is 5.97. The summed E-state index contributed by atoms with van der Waals surface area (Å²) in [5.41, 5.74) is 1.60. The topological polar surface area (TPSA) is 69.7 Å². The van der Waals surface area contributed by atoms with Crippen molar-refractivity contribution < 1.29 is 14.4 Å². The van der Waals surface area contributed by atoms with E-state index in [0.717, 1.165) is 50.8 Å². The maximum atomic E-state index is 13.3. The van der Waals surface area contributed by atoms with Gasteiger partial charge in [-0.2, -0.15) is 0 Å². The zero-order chi connectivity index (χ0) is 20.8. The van der Waals surface area contributed by atoms with Crippen LogP contribution in [0.2, 0.25) is 0 Å². The summed E-state index contributed by atoms with van der Waals surface area (Å²) in [6.07, 6.45) is 5.18. The summed E-state index contributed by atoms with van der Waals surface area (Å²) in [6.45, 7) is 6.67. The molecule has 0 saturated carbocycles. The van der Waals surface area contributed by atoms with E-state index in [-0.39, 0.29) is 23.6 Å². The standard InChI is InChI=1S/C23H33N3O3/c1-3-20(27)25-14-10-18(11-15-25)21(23(29)26-12-5-4-6-13-26)24-22(28)19-9-7-8-17(2)16-19/h7-9,16,18,21H,3-6,10-15H2,1-2H3,(H,24,28)/t21-/m0/s1. The smallest absolute Gasteiger partial charge is 0.251 e. The van der Waals surface area contributed by atoms with E-state index in [0.29, 0.717) is 25.1 Å². The molecule has 0 aliphatic carbocycles. The van der Waals surface area contributed by atoms with E-state index in [1.165, 1.54) is 0 Å². The lowest BCUT2D eigenvalue weighted by Gasteiger charge is -2.38. The molecule has 1 N–H and O–H groups in total. The van der Waals surface area contributed by atoms with E-state index < -0.39 is 6.04 Å². The second kappa shape index (κ2) is 9.90. The van der Waals surface area contributed by atoms with E-state index >= 15 is 0 Å². The third-order valence-electron chi connectivity index (χ3n) is 6.17. The van der Waals surface area contributed by atoms with Crippen molar-refractivity contribution in [2.75, 3.05) is 26.2 Å². The number of rotatable bonds is 5. The average Bonchev–Trinajstić information content (AvgIpc) is 2.77. The van der Waals surface area contributed by atoms with Gasteiger partial charge in [-0.3, -0.25) is 14.4 Å². The van der Waals surface area contributed by atoms with Crippen LogP contribution in [0.4, 0.5) is 0 Å². The normalized spacial score (nSPS) is 19.0. The molecular weight excluding hydrogens is 366 g/mol. The molecule has 0 spiro atoms. The van der Waals surface area contributed by atoms with Crippen LogP contribution in [0.3, 0.4) is 0 Å². The van der Waals surface area contributed by atoms with Crippen LogP contribution >= 0.6 is 0 Å². The minimum atomic E-state index is -0.528. The van der Waals surface area contributed by atoms with Gasteiger partial charge >= 0.3 is 0 Å². The van der Waals surface area contributed by atoms with Gasteiger partial charge in [-0.15, -0.1) is 0 Å². The Morgan fingerprint density at radius 2 is 1.72 bits per heavy atom. The van der Waals surface area contributed by atoms with Gasteiger partial charge in [0.25, 0.3) is 5.91 Å². The molecule has 2 heterocycles. The van der Waals surface area contributed by atoms with Gasteiger partial charge in [0, 0.05) is 38.2 Å². The molecule has 158 valence electrons. The lowest BCUT2D eigenvalue weighted by atomic mass is 9.87. The van der Waals surface area contributed by atoms with Crippen molar-refractivity contribution >= 4 is 17.7 Å². The van der Waals surface area contributed by atoms with E-state index in [4.69, 9.17) is 0 Å². The number of carbonyl (C=O) groups is 3. The Balaban J connectivity index is 1.74. The highest BCUT2D eigenvalue weighted by Gasteiger charge is 2.36. The van der Waals surface area contributed by atoms with Gasteiger partial charge in [-0.25, -0.2) is 0 Å². The molecule has 3 amide bonds. The van der Waals surface area contributed by atoms with Crippen molar-refractivity contribution in [2.24, 2.45) is 5.92 Å². The van der Waals surface area contributed by atoms with Gasteiger partial charge in [0.2, 0.25) is 11.8 Å². The molecule has 1 aromatic rings. The zero-order valence-electron chi connectivity index (χ0n) is 17.7. The largest absolute Gasteiger partial charge is 0.343 e. The fourth-order valence-electron chi connectivity index (χ4n) is 4.41. The maximum absolute atomic E-state index is 13.3. The van der Waals surface area contributed by atoms with Crippen molar-refractivity contribution in [3.63, 3.8) is 0 Å². The zero-order valence-corrected chi connectivity index (χ0v) is 17.7. The molecule has 6 heteroatoms. The first-order chi connectivity index (χ1) is 14.0. The summed E-state index contributed by atoms with van der Waals surface area (Å²) < 4.78 is 0. The molecule has 29 heavy (non-hydrogen) atoms. The molecule has 3 rings (SSSR count). The van der Waals surface area contributed by atoms with E-state index in [1.807, 2.05) is 41.8 Å². The molecule has 2 fully saturated rings.